The monoisotopic (exact) mass is 478 g/mol. The van der Waals surface area contributed by atoms with Gasteiger partial charge >= 0.3 is 6.18 Å². The van der Waals surface area contributed by atoms with Gasteiger partial charge in [-0.05, 0) is 55.5 Å². The number of nitrogens with zero attached hydrogens (tertiary/aromatic N) is 3. The molecule has 0 fully saturated rings. The van der Waals surface area contributed by atoms with Crippen molar-refractivity contribution in [3.63, 3.8) is 0 Å². The summed E-state index contributed by atoms with van der Waals surface area (Å²) in [5.41, 5.74) is 0.0319. The Balaban J connectivity index is 1.67. The first-order chi connectivity index (χ1) is 15.6. The quantitative estimate of drug-likeness (QED) is 0.617. The topological polar surface area (TPSA) is 101 Å². The number of rotatable bonds is 3. The highest BCUT2D eigenvalue weighted by Crippen LogP contribution is 2.36. The van der Waals surface area contributed by atoms with Crippen LogP contribution in [0.1, 0.15) is 21.6 Å². The number of carbonyl (C=O) groups excluding carboxylic acids is 1. The van der Waals surface area contributed by atoms with E-state index in [1.165, 1.54) is 30.5 Å². The predicted molar refractivity (Wildman–Crippen MR) is 113 cm³/mol. The molecule has 0 spiro atoms. The van der Waals surface area contributed by atoms with Gasteiger partial charge in [-0.15, -0.1) is 0 Å². The molecule has 0 aliphatic carbocycles. The summed E-state index contributed by atoms with van der Waals surface area (Å²) in [6.07, 6.45) is -3.18. The summed E-state index contributed by atoms with van der Waals surface area (Å²) in [6, 6.07) is 9.45. The van der Waals surface area contributed by atoms with E-state index in [2.05, 4.69) is 15.5 Å². The molecule has 2 heterocycles. The normalized spacial score (nSPS) is 15.2. The van der Waals surface area contributed by atoms with E-state index in [0.29, 0.717) is 5.69 Å². The number of carbonyl (C=O) groups is 1. The van der Waals surface area contributed by atoms with Crippen LogP contribution in [0.3, 0.4) is 0 Å². The number of hydrogen-bond acceptors (Lipinski definition) is 6. The first-order valence-electron chi connectivity index (χ1n) is 9.64. The fourth-order valence-corrected chi connectivity index (χ4v) is 4.92. The van der Waals surface area contributed by atoms with Crippen LogP contribution in [0.25, 0.3) is 0 Å². The number of anilines is 2. The van der Waals surface area contributed by atoms with Gasteiger partial charge in [0.15, 0.2) is 0 Å². The van der Waals surface area contributed by atoms with Crippen LogP contribution >= 0.6 is 0 Å². The Kier molecular flexibility index (Phi) is 5.70. The lowest BCUT2D eigenvalue weighted by Crippen LogP contribution is -2.32. The molecular weight excluding hydrogens is 461 g/mol. The number of aryl methyl sites for hydroxylation is 1. The first kappa shape index (κ1) is 22.5. The second-order valence-corrected chi connectivity index (χ2v) is 8.95. The van der Waals surface area contributed by atoms with Gasteiger partial charge in [-0.25, -0.2) is 8.42 Å². The molecule has 1 aliphatic rings. The molecule has 0 unspecified atom stereocenters. The molecule has 0 saturated heterocycles. The Labute approximate surface area is 187 Å². The van der Waals surface area contributed by atoms with Gasteiger partial charge in [0.1, 0.15) is 17.3 Å². The average Bonchev–Trinajstić information content (AvgIpc) is 2.89. The summed E-state index contributed by atoms with van der Waals surface area (Å²) >= 11 is 0. The zero-order valence-corrected chi connectivity index (χ0v) is 17.9. The van der Waals surface area contributed by atoms with Gasteiger partial charge in [0.05, 0.1) is 35.2 Å². The van der Waals surface area contributed by atoms with E-state index < -0.39 is 27.7 Å². The molecule has 8 nitrogen and oxygen atoms in total. The third kappa shape index (κ3) is 4.46. The lowest BCUT2D eigenvalue weighted by atomic mass is 10.2. The van der Waals surface area contributed by atoms with Crippen LogP contribution in [0.5, 0.6) is 5.75 Å². The third-order valence-corrected chi connectivity index (χ3v) is 6.80. The molecule has 3 aromatic rings. The van der Waals surface area contributed by atoms with Gasteiger partial charge in [-0.1, -0.05) is 0 Å². The summed E-state index contributed by atoms with van der Waals surface area (Å²) in [5, 5.41) is 10.1. The van der Waals surface area contributed by atoms with Crippen molar-refractivity contribution in [3.05, 3.63) is 71.5 Å². The van der Waals surface area contributed by atoms with Gasteiger partial charge < -0.3 is 10.1 Å². The minimum atomic E-state index is -4.54. The largest absolute Gasteiger partial charge is 0.490 e. The SMILES string of the molecule is Cc1nnccc1C(=O)Nc1ccc2c(c1)S(=O)(=O)N(c1ccc(C(F)(F)F)cc1)CCO2. The number of nitrogens with one attached hydrogen (secondary N) is 1. The van der Waals surface area contributed by atoms with Gasteiger partial charge in [0.25, 0.3) is 15.9 Å². The Morgan fingerprint density at radius 1 is 1.12 bits per heavy atom. The Morgan fingerprint density at radius 3 is 2.52 bits per heavy atom. The summed E-state index contributed by atoms with van der Waals surface area (Å²) in [4.78, 5) is 12.3. The van der Waals surface area contributed by atoms with E-state index >= 15 is 0 Å². The summed E-state index contributed by atoms with van der Waals surface area (Å²) in [7, 11) is -4.20. The highest BCUT2D eigenvalue weighted by molar-refractivity contribution is 7.93. The zero-order valence-electron chi connectivity index (χ0n) is 17.1. The number of sulfonamides is 1. The zero-order chi connectivity index (χ0) is 23.8. The van der Waals surface area contributed by atoms with Gasteiger partial charge in [0, 0.05) is 5.69 Å². The highest BCUT2D eigenvalue weighted by Gasteiger charge is 2.33. The van der Waals surface area contributed by atoms with E-state index in [0.717, 1.165) is 28.6 Å². The summed E-state index contributed by atoms with van der Waals surface area (Å²) < 4.78 is 71.9. The van der Waals surface area contributed by atoms with Crippen LogP contribution in [0.4, 0.5) is 24.5 Å². The standard InChI is InChI=1S/C21H17F3N4O4S/c1-13-17(8-9-25-27-13)20(29)26-15-4-7-18-19(12-15)33(30,31)28(10-11-32-18)16-5-2-14(3-6-16)21(22,23)24/h2-9,12H,10-11H2,1H3,(H,26,29). The van der Waals surface area contributed by atoms with Gasteiger partial charge in [-0.2, -0.15) is 23.4 Å². The Bertz CT molecular complexity index is 1310. The van der Waals surface area contributed by atoms with Crippen LogP contribution in [0.15, 0.2) is 59.6 Å². The maximum Gasteiger partial charge on any atom is 0.416 e. The van der Waals surface area contributed by atoms with Crippen molar-refractivity contribution in [3.8, 4) is 5.75 Å². The third-order valence-electron chi connectivity index (χ3n) is 4.95. The van der Waals surface area contributed by atoms with E-state index in [9.17, 15) is 26.4 Å². The molecule has 0 bridgehead atoms. The van der Waals surface area contributed by atoms with Crippen molar-refractivity contribution >= 4 is 27.3 Å². The number of hydrogen-bond donors (Lipinski definition) is 1. The van der Waals surface area contributed by atoms with Crippen LogP contribution in [0.2, 0.25) is 0 Å². The average molecular weight is 478 g/mol. The smallest absolute Gasteiger partial charge is 0.416 e. The maximum atomic E-state index is 13.4. The molecule has 172 valence electrons. The Hall–Kier alpha value is -3.67. The molecule has 1 aliphatic heterocycles. The molecule has 4 rings (SSSR count). The molecule has 2 aromatic carbocycles. The molecule has 33 heavy (non-hydrogen) atoms. The highest BCUT2D eigenvalue weighted by atomic mass is 32.2. The van der Waals surface area contributed by atoms with E-state index in [4.69, 9.17) is 4.74 Å². The van der Waals surface area contributed by atoms with E-state index in [1.807, 2.05) is 0 Å². The minimum Gasteiger partial charge on any atom is -0.490 e. The van der Waals surface area contributed by atoms with Crippen LogP contribution < -0.4 is 14.4 Å². The second-order valence-electron chi connectivity index (χ2n) is 7.12. The number of benzene rings is 2. The maximum absolute atomic E-state index is 13.4. The van der Waals surface area contributed by atoms with E-state index in [1.54, 1.807) is 6.92 Å². The molecule has 1 aromatic heterocycles. The molecular formula is C21H17F3N4O4S. The van der Waals surface area contributed by atoms with Crippen molar-refractivity contribution in [1.82, 2.24) is 10.2 Å². The van der Waals surface area contributed by atoms with Crippen molar-refractivity contribution in [2.45, 2.75) is 18.0 Å². The van der Waals surface area contributed by atoms with Crippen LogP contribution in [-0.4, -0.2) is 37.7 Å². The van der Waals surface area contributed by atoms with Crippen molar-refractivity contribution in [1.29, 1.82) is 0 Å². The molecule has 12 heteroatoms. The van der Waals surface area contributed by atoms with E-state index in [-0.39, 0.29) is 40.7 Å². The Morgan fingerprint density at radius 2 is 1.85 bits per heavy atom. The minimum absolute atomic E-state index is 0.0131. The molecule has 0 atom stereocenters. The number of ether oxygens (including phenoxy) is 1. The summed E-state index contributed by atoms with van der Waals surface area (Å²) in [5.74, 6) is -0.432. The van der Waals surface area contributed by atoms with Crippen molar-refractivity contribution < 1.29 is 31.1 Å². The molecule has 0 saturated carbocycles. The first-order valence-corrected chi connectivity index (χ1v) is 11.1. The number of amides is 1. The van der Waals surface area contributed by atoms with Gasteiger partial charge in [0.2, 0.25) is 0 Å². The van der Waals surface area contributed by atoms with Crippen LogP contribution in [0, 0.1) is 6.92 Å². The summed E-state index contributed by atoms with van der Waals surface area (Å²) in [6.45, 7) is 1.49. The lowest BCUT2D eigenvalue weighted by molar-refractivity contribution is -0.137. The van der Waals surface area contributed by atoms with Gasteiger partial charge in [-0.3, -0.25) is 9.10 Å². The number of halogens is 3. The second kappa shape index (κ2) is 8.35. The molecule has 1 amide bonds. The fraction of sp³-hybridized carbons (Fsp3) is 0.190. The number of alkyl halides is 3. The molecule has 1 N–H and O–H groups in total. The lowest BCUT2D eigenvalue weighted by Gasteiger charge is -2.22. The number of fused-ring (bicyclic) bond motifs is 1. The predicted octanol–water partition coefficient (Wildman–Crippen LogP) is 3.64. The fourth-order valence-electron chi connectivity index (χ4n) is 3.31. The van der Waals surface area contributed by atoms with Crippen LogP contribution in [-0.2, 0) is 16.2 Å². The van der Waals surface area contributed by atoms with Crippen molar-refractivity contribution in [2.75, 3.05) is 22.8 Å². The van der Waals surface area contributed by atoms with Crippen molar-refractivity contribution in [2.24, 2.45) is 0 Å². The number of aromatic nitrogens is 2. The molecule has 0 radical (unpaired) electrons.